The van der Waals surface area contributed by atoms with Crippen LogP contribution in [0.25, 0.3) is 11.1 Å². The Bertz CT molecular complexity index is 495. The zero-order valence-corrected chi connectivity index (χ0v) is 9.83. The van der Waals surface area contributed by atoms with Crippen LogP contribution in [0.15, 0.2) is 42.5 Å². The monoisotopic (exact) mass is 316 g/mol. The molecule has 2 rings (SSSR count). The Morgan fingerprint density at radius 3 is 2.33 bits per heavy atom. The molecule has 3 heteroatoms. The van der Waals surface area contributed by atoms with Gasteiger partial charge >= 0.3 is 0 Å². The first-order valence-electron chi connectivity index (χ1n) is 4.38. The van der Waals surface area contributed by atoms with E-state index in [-0.39, 0.29) is 11.6 Å². The highest BCUT2D eigenvalue weighted by Crippen LogP contribution is 2.26. The lowest BCUT2D eigenvalue weighted by Crippen LogP contribution is -1.85. The second kappa shape index (κ2) is 4.26. The molecule has 15 heavy (non-hydrogen) atoms. The fraction of sp³-hybridized carbons (Fsp3) is 0. The summed E-state index contributed by atoms with van der Waals surface area (Å²) in [5.74, 6) is -0.623. The van der Waals surface area contributed by atoms with Crippen LogP contribution in [-0.2, 0) is 0 Å². The Balaban J connectivity index is 2.58. The van der Waals surface area contributed by atoms with Gasteiger partial charge in [0.25, 0.3) is 0 Å². The average molecular weight is 316 g/mol. The van der Waals surface area contributed by atoms with E-state index in [1.807, 2.05) is 0 Å². The summed E-state index contributed by atoms with van der Waals surface area (Å²) in [6, 6.07) is 10.6. The fourth-order valence-electron chi connectivity index (χ4n) is 1.37. The molecule has 0 fully saturated rings. The van der Waals surface area contributed by atoms with Gasteiger partial charge in [0.2, 0.25) is 0 Å². The molecule has 0 amide bonds. The van der Waals surface area contributed by atoms with Gasteiger partial charge in [0.15, 0.2) is 0 Å². The predicted octanol–water partition coefficient (Wildman–Crippen LogP) is 4.24. The molecule has 2 aromatic carbocycles. The van der Waals surface area contributed by atoms with E-state index in [4.69, 9.17) is 0 Å². The summed E-state index contributed by atoms with van der Waals surface area (Å²) in [7, 11) is 0. The van der Waals surface area contributed by atoms with Gasteiger partial charge in [-0.15, -0.1) is 0 Å². The van der Waals surface area contributed by atoms with Gasteiger partial charge in [-0.2, -0.15) is 0 Å². The fourth-order valence-corrected chi connectivity index (χ4v) is 2.02. The Morgan fingerprint density at radius 2 is 1.60 bits per heavy atom. The van der Waals surface area contributed by atoms with Crippen LogP contribution in [0.5, 0.6) is 0 Å². The lowest BCUT2D eigenvalue weighted by molar-refractivity contribution is 0.625. The van der Waals surface area contributed by atoms with E-state index in [9.17, 15) is 8.78 Å². The van der Waals surface area contributed by atoms with Crippen LogP contribution in [0.2, 0.25) is 0 Å². The summed E-state index contributed by atoms with van der Waals surface area (Å²) < 4.78 is 26.9. The maximum atomic E-state index is 13.0. The van der Waals surface area contributed by atoms with E-state index in [0.717, 1.165) is 9.13 Å². The zero-order chi connectivity index (χ0) is 10.8. The Labute approximate surface area is 100 Å². The lowest BCUT2D eigenvalue weighted by atomic mass is 10.1. The molecule has 0 aliphatic heterocycles. The van der Waals surface area contributed by atoms with Gasteiger partial charge in [-0.3, -0.25) is 0 Å². The van der Waals surface area contributed by atoms with E-state index >= 15 is 0 Å². The summed E-state index contributed by atoms with van der Waals surface area (Å²) >= 11 is 2.10. The quantitative estimate of drug-likeness (QED) is 0.691. The third-order valence-electron chi connectivity index (χ3n) is 2.06. The van der Waals surface area contributed by atoms with Crippen LogP contribution in [0.3, 0.4) is 0 Å². The third-order valence-corrected chi connectivity index (χ3v) is 3.00. The molecule has 0 N–H and O–H groups in total. The van der Waals surface area contributed by atoms with E-state index in [2.05, 4.69) is 22.6 Å². The van der Waals surface area contributed by atoms with Crippen LogP contribution in [0, 0.1) is 15.2 Å². The van der Waals surface area contributed by atoms with Gasteiger partial charge in [0.1, 0.15) is 11.6 Å². The molecule has 0 heterocycles. The lowest BCUT2D eigenvalue weighted by Gasteiger charge is -2.04. The minimum Gasteiger partial charge on any atom is -0.207 e. The highest BCUT2D eigenvalue weighted by molar-refractivity contribution is 14.1. The molecule has 0 atom stereocenters. The zero-order valence-electron chi connectivity index (χ0n) is 7.68. The molecule has 76 valence electrons. The maximum absolute atomic E-state index is 13.0. The first kappa shape index (κ1) is 10.5. The number of hydrogen-bond acceptors (Lipinski definition) is 0. The smallest absolute Gasteiger partial charge is 0.123 e. The van der Waals surface area contributed by atoms with Gasteiger partial charge < -0.3 is 0 Å². The molecule has 0 spiro atoms. The summed E-state index contributed by atoms with van der Waals surface area (Å²) in [5, 5.41) is 0. The standard InChI is InChI=1S/C12H7F2I/c13-9-3-1-2-8(6-9)11-7-10(14)4-5-12(11)15/h1-7H. The minimum absolute atomic E-state index is 0.310. The van der Waals surface area contributed by atoms with Crippen molar-refractivity contribution in [2.75, 3.05) is 0 Å². The minimum atomic E-state index is -0.312. The average Bonchev–Trinajstić information content (AvgIpc) is 2.22. The molecule has 0 aromatic heterocycles. The van der Waals surface area contributed by atoms with E-state index in [1.165, 1.54) is 24.3 Å². The molecule has 0 radical (unpaired) electrons. The molecular weight excluding hydrogens is 309 g/mol. The second-order valence-corrected chi connectivity index (χ2v) is 4.30. The number of benzene rings is 2. The first-order valence-corrected chi connectivity index (χ1v) is 5.46. The normalized spacial score (nSPS) is 10.3. The largest absolute Gasteiger partial charge is 0.207 e. The van der Waals surface area contributed by atoms with Crippen molar-refractivity contribution in [3.63, 3.8) is 0 Å². The van der Waals surface area contributed by atoms with E-state index in [0.29, 0.717) is 5.56 Å². The Morgan fingerprint density at radius 1 is 0.867 bits per heavy atom. The summed E-state index contributed by atoms with van der Waals surface area (Å²) in [5.41, 5.74) is 1.41. The van der Waals surface area contributed by atoms with Crippen molar-refractivity contribution in [2.24, 2.45) is 0 Å². The van der Waals surface area contributed by atoms with Crippen LogP contribution < -0.4 is 0 Å². The predicted molar refractivity (Wildman–Crippen MR) is 64.5 cm³/mol. The van der Waals surface area contributed by atoms with Gasteiger partial charge in [-0.05, 0) is 64.0 Å². The van der Waals surface area contributed by atoms with Crippen molar-refractivity contribution in [2.45, 2.75) is 0 Å². The van der Waals surface area contributed by atoms with Crippen molar-refractivity contribution < 1.29 is 8.78 Å². The van der Waals surface area contributed by atoms with Crippen LogP contribution >= 0.6 is 22.6 Å². The number of hydrogen-bond donors (Lipinski definition) is 0. The highest BCUT2D eigenvalue weighted by Gasteiger charge is 2.05. The van der Waals surface area contributed by atoms with Crippen molar-refractivity contribution in [3.8, 4) is 11.1 Å². The van der Waals surface area contributed by atoms with Crippen LogP contribution in [-0.4, -0.2) is 0 Å². The van der Waals surface area contributed by atoms with Crippen LogP contribution in [0.4, 0.5) is 8.78 Å². The van der Waals surface area contributed by atoms with E-state index < -0.39 is 0 Å². The van der Waals surface area contributed by atoms with Gasteiger partial charge in [-0.25, -0.2) is 8.78 Å². The maximum Gasteiger partial charge on any atom is 0.123 e. The molecular formula is C12H7F2I. The number of halogens is 3. The molecule has 0 nitrogen and oxygen atoms in total. The SMILES string of the molecule is Fc1cccc(-c2cc(F)ccc2I)c1. The first-order chi connectivity index (χ1) is 7.16. The van der Waals surface area contributed by atoms with Crippen molar-refractivity contribution in [1.29, 1.82) is 0 Å². The molecule has 0 aliphatic rings. The molecule has 0 bridgehead atoms. The third kappa shape index (κ3) is 2.34. The topological polar surface area (TPSA) is 0 Å². The van der Waals surface area contributed by atoms with Crippen LogP contribution in [0.1, 0.15) is 0 Å². The second-order valence-electron chi connectivity index (χ2n) is 3.13. The molecule has 0 unspecified atom stereocenters. The van der Waals surface area contributed by atoms with Crippen molar-refractivity contribution in [3.05, 3.63) is 57.7 Å². The van der Waals surface area contributed by atoms with Crippen molar-refractivity contribution >= 4 is 22.6 Å². The Hall–Kier alpha value is -0.970. The number of rotatable bonds is 1. The Kier molecular flexibility index (Phi) is 3.00. The molecule has 0 saturated carbocycles. The molecule has 0 saturated heterocycles. The summed E-state index contributed by atoms with van der Waals surface area (Å²) in [6.45, 7) is 0. The van der Waals surface area contributed by atoms with Gasteiger partial charge in [0.05, 0.1) is 0 Å². The summed E-state index contributed by atoms with van der Waals surface area (Å²) in [6.07, 6.45) is 0. The highest BCUT2D eigenvalue weighted by atomic mass is 127. The van der Waals surface area contributed by atoms with E-state index in [1.54, 1.807) is 18.2 Å². The summed E-state index contributed by atoms with van der Waals surface area (Å²) in [4.78, 5) is 0. The van der Waals surface area contributed by atoms with Gasteiger partial charge in [-0.1, -0.05) is 12.1 Å². The van der Waals surface area contributed by atoms with Gasteiger partial charge in [0, 0.05) is 3.57 Å². The van der Waals surface area contributed by atoms with Crippen molar-refractivity contribution in [1.82, 2.24) is 0 Å². The molecule has 0 aliphatic carbocycles. The molecule has 2 aromatic rings.